The maximum atomic E-state index is 13.8. The van der Waals surface area contributed by atoms with Gasteiger partial charge >= 0.3 is 0 Å². The van der Waals surface area contributed by atoms with Crippen LogP contribution in [0.3, 0.4) is 0 Å². The largest absolute Gasteiger partial charge is 0.468 e. The Morgan fingerprint density at radius 1 is 1.30 bits per heavy atom. The quantitative estimate of drug-likeness (QED) is 0.448. The van der Waals surface area contributed by atoms with Gasteiger partial charge < -0.3 is 14.7 Å². The smallest absolute Gasteiger partial charge is 0.252 e. The molecule has 2 aromatic heterocycles. The van der Waals surface area contributed by atoms with Gasteiger partial charge in [0.15, 0.2) is 0 Å². The van der Waals surface area contributed by atoms with E-state index in [4.69, 9.17) is 10.8 Å². The monoisotopic (exact) mass is 398 g/mol. The molecule has 2 N–H and O–H groups in total. The summed E-state index contributed by atoms with van der Waals surface area (Å²) in [6.45, 7) is 6.31. The molecule has 0 aliphatic heterocycles. The molecule has 0 bridgehead atoms. The van der Waals surface area contributed by atoms with Crippen molar-refractivity contribution in [1.29, 1.82) is 0 Å². The average molecular weight is 398 g/mol. The molecule has 0 saturated heterocycles. The number of aromatic amines is 1. The van der Waals surface area contributed by atoms with E-state index < -0.39 is 0 Å². The molecule has 2 aromatic carbocycles. The van der Waals surface area contributed by atoms with Crippen molar-refractivity contribution in [3.05, 3.63) is 89.8 Å². The second kappa shape index (κ2) is 7.76. The van der Waals surface area contributed by atoms with Crippen molar-refractivity contribution in [1.82, 2.24) is 10.3 Å². The fourth-order valence-corrected chi connectivity index (χ4v) is 3.58. The van der Waals surface area contributed by atoms with E-state index in [0.717, 1.165) is 38.7 Å². The number of H-pyrrole nitrogens is 1. The number of hydrogen-bond acceptors (Lipinski definition) is 2. The third-order valence-corrected chi connectivity index (χ3v) is 5.03. The fourth-order valence-electron chi connectivity index (χ4n) is 3.58. The van der Waals surface area contributed by atoms with Gasteiger partial charge in [0.25, 0.3) is 5.91 Å². The number of hydrogen-bond donors (Lipinski definition) is 2. The molecule has 4 aromatic rings. The Morgan fingerprint density at radius 3 is 2.90 bits per heavy atom. The van der Waals surface area contributed by atoms with Crippen LogP contribution in [-0.4, -0.2) is 17.4 Å². The lowest BCUT2D eigenvalue weighted by Crippen LogP contribution is -2.23. The highest BCUT2D eigenvalue weighted by Crippen LogP contribution is 2.38. The summed E-state index contributed by atoms with van der Waals surface area (Å²) >= 11 is 0. The van der Waals surface area contributed by atoms with Gasteiger partial charge in [0.05, 0.1) is 12.8 Å². The third-order valence-electron chi connectivity index (χ3n) is 5.03. The van der Waals surface area contributed by atoms with Crippen LogP contribution in [0.4, 0.5) is 4.39 Å². The van der Waals surface area contributed by atoms with Gasteiger partial charge in [-0.2, -0.15) is 0 Å². The molecule has 0 aliphatic rings. The summed E-state index contributed by atoms with van der Waals surface area (Å²) in [6.07, 6.45) is 8.66. The number of fused-ring (bicyclic) bond motifs is 1. The number of aryl methyl sites for hydroxylation is 1. The molecule has 1 amide bonds. The second-order valence-corrected chi connectivity index (χ2v) is 6.92. The number of aromatic nitrogens is 1. The van der Waals surface area contributed by atoms with Gasteiger partial charge in [-0.05, 0) is 42.3 Å². The van der Waals surface area contributed by atoms with E-state index in [0.29, 0.717) is 11.3 Å². The zero-order valence-corrected chi connectivity index (χ0v) is 16.4. The molecule has 0 saturated carbocycles. The molecule has 5 heteroatoms. The Bertz CT molecular complexity index is 1320. The topological polar surface area (TPSA) is 58.0 Å². The van der Waals surface area contributed by atoms with Crippen molar-refractivity contribution in [3.63, 3.8) is 0 Å². The van der Waals surface area contributed by atoms with E-state index in [9.17, 15) is 9.18 Å². The van der Waals surface area contributed by atoms with Crippen molar-refractivity contribution >= 4 is 22.4 Å². The third kappa shape index (κ3) is 3.40. The van der Waals surface area contributed by atoms with Crippen molar-refractivity contribution < 1.29 is 13.6 Å². The zero-order chi connectivity index (χ0) is 21.3. The lowest BCUT2D eigenvalue weighted by molar-refractivity contribution is 0.0959. The molecule has 4 nitrogen and oxygen atoms in total. The van der Waals surface area contributed by atoms with E-state index in [-0.39, 0.29) is 18.3 Å². The average Bonchev–Trinajstić information content (AvgIpc) is 3.34. The van der Waals surface area contributed by atoms with Crippen LogP contribution in [0.1, 0.15) is 27.2 Å². The van der Waals surface area contributed by atoms with Crippen LogP contribution < -0.4 is 5.32 Å². The van der Waals surface area contributed by atoms with Gasteiger partial charge in [-0.1, -0.05) is 30.7 Å². The van der Waals surface area contributed by atoms with Gasteiger partial charge in [0.1, 0.15) is 11.6 Å². The summed E-state index contributed by atoms with van der Waals surface area (Å²) in [6, 6.07) is 11.8. The van der Waals surface area contributed by atoms with Gasteiger partial charge in [0, 0.05) is 39.4 Å². The van der Waals surface area contributed by atoms with E-state index in [1.807, 2.05) is 25.3 Å². The van der Waals surface area contributed by atoms with Crippen LogP contribution in [0.15, 0.2) is 65.9 Å². The van der Waals surface area contributed by atoms with Crippen molar-refractivity contribution in [2.75, 3.05) is 6.54 Å². The number of nitrogens with one attached hydrogen (secondary N) is 2. The van der Waals surface area contributed by atoms with Crippen LogP contribution in [0.5, 0.6) is 0 Å². The number of halogens is 1. The predicted molar refractivity (Wildman–Crippen MR) is 116 cm³/mol. The Hall–Kier alpha value is -4.04. The summed E-state index contributed by atoms with van der Waals surface area (Å²) in [7, 11) is 0. The highest BCUT2D eigenvalue weighted by molar-refractivity contribution is 6.03. The van der Waals surface area contributed by atoms with Crippen LogP contribution in [0.2, 0.25) is 0 Å². The molecule has 0 fully saturated rings. The lowest BCUT2D eigenvalue weighted by Gasteiger charge is -2.08. The van der Waals surface area contributed by atoms with Crippen molar-refractivity contribution in [3.8, 4) is 23.5 Å². The molecular weight excluding hydrogens is 379 g/mol. The molecule has 0 aliphatic carbocycles. The molecular formula is C25H19FN2O2. The summed E-state index contributed by atoms with van der Waals surface area (Å²) in [5.41, 5.74) is 5.24. The molecule has 2 heterocycles. The Kier molecular flexibility index (Phi) is 4.99. The predicted octanol–water partition coefficient (Wildman–Crippen LogP) is 5.30. The lowest BCUT2D eigenvalue weighted by atomic mass is 9.93. The van der Waals surface area contributed by atoms with E-state index >= 15 is 0 Å². The maximum Gasteiger partial charge on any atom is 0.252 e. The maximum absolute atomic E-state index is 13.8. The standard InChI is InChI=1S/C25H19FN2O2/c1-4-10-27-25(29)18-8-9-20-21(13-28-23(20)12-18)15(2)24-16(3)30-14-22(24)17-6-5-7-19(26)11-17/h1,5-9,11-14,28H,2,10H2,3H3,(H,27,29). The first-order valence-electron chi connectivity index (χ1n) is 9.36. The normalized spacial score (nSPS) is 10.7. The van der Waals surface area contributed by atoms with Gasteiger partial charge in [-0.3, -0.25) is 4.79 Å². The summed E-state index contributed by atoms with van der Waals surface area (Å²) < 4.78 is 19.4. The minimum absolute atomic E-state index is 0.173. The molecule has 4 rings (SSSR count). The van der Waals surface area contributed by atoms with E-state index in [1.165, 1.54) is 12.1 Å². The number of carbonyl (C=O) groups is 1. The van der Waals surface area contributed by atoms with Crippen LogP contribution >= 0.6 is 0 Å². The zero-order valence-electron chi connectivity index (χ0n) is 16.4. The number of amides is 1. The first-order valence-corrected chi connectivity index (χ1v) is 9.36. The summed E-state index contributed by atoms with van der Waals surface area (Å²) in [5.74, 6) is 2.53. The van der Waals surface area contributed by atoms with Crippen molar-refractivity contribution in [2.24, 2.45) is 0 Å². The van der Waals surface area contributed by atoms with Gasteiger partial charge in [-0.25, -0.2) is 4.39 Å². The van der Waals surface area contributed by atoms with Crippen molar-refractivity contribution in [2.45, 2.75) is 6.92 Å². The molecule has 0 atom stereocenters. The number of rotatable bonds is 5. The first-order chi connectivity index (χ1) is 14.5. The Morgan fingerprint density at radius 2 is 2.13 bits per heavy atom. The Balaban J connectivity index is 1.74. The first kappa shape index (κ1) is 19.3. The Labute approximate surface area is 173 Å². The van der Waals surface area contributed by atoms with E-state index in [1.54, 1.807) is 24.5 Å². The molecule has 0 spiro atoms. The number of furan rings is 1. The number of carbonyl (C=O) groups excluding carboxylic acids is 1. The SMILES string of the molecule is C#CCNC(=O)c1ccc2c(C(=C)c3c(-c4cccc(F)c4)coc3C)c[nH]c2c1. The summed E-state index contributed by atoms with van der Waals surface area (Å²) in [5, 5.41) is 3.57. The van der Waals surface area contributed by atoms with Gasteiger partial charge in [-0.15, -0.1) is 6.42 Å². The van der Waals surface area contributed by atoms with Crippen LogP contribution in [0.25, 0.3) is 27.6 Å². The van der Waals surface area contributed by atoms with Gasteiger partial charge in [0.2, 0.25) is 0 Å². The highest BCUT2D eigenvalue weighted by atomic mass is 19.1. The molecule has 0 unspecified atom stereocenters. The number of benzene rings is 2. The van der Waals surface area contributed by atoms with E-state index in [2.05, 4.69) is 22.8 Å². The van der Waals surface area contributed by atoms with Crippen LogP contribution in [-0.2, 0) is 0 Å². The minimum Gasteiger partial charge on any atom is -0.468 e. The minimum atomic E-state index is -0.314. The molecule has 30 heavy (non-hydrogen) atoms. The number of terminal acetylenes is 1. The highest BCUT2D eigenvalue weighted by Gasteiger charge is 2.19. The van der Waals surface area contributed by atoms with Crippen LogP contribution in [0, 0.1) is 25.1 Å². The summed E-state index contributed by atoms with van der Waals surface area (Å²) in [4.78, 5) is 15.4. The molecule has 0 radical (unpaired) electrons. The second-order valence-electron chi connectivity index (χ2n) is 6.92. The molecule has 148 valence electrons. The fraction of sp³-hybridized carbons (Fsp3) is 0.0800.